The van der Waals surface area contributed by atoms with Crippen LogP contribution in [0.5, 0.6) is 0 Å². The number of aliphatic hydroxyl groups is 1. The molecule has 5 nitrogen and oxygen atoms in total. The van der Waals surface area contributed by atoms with Gasteiger partial charge >= 0.3 is 6.18 Å². The molecule has 1 amide bonds. The number of hydrogen-bond acceptors (Lipinski definition) is 3. The minimum atomic E-state index is -4.77. The van der Waals surface area contributed by atoms with Crippen LogP contribution in [0.1, 0.15) is 23.6 Å². The summed E-state index contributed by atoms with van der Waals surface area (Å²) >= 11 is 0. The number of alkyl halides is 3. The Balaban J connectivity index is 1.86. The van der Waals surface area contributed by atoms with Crippen LogP contribution in [0.3, 0.4) is 0 Å². The van der Waals surface area contributed by atoms with E-state index in [1.807, 2.05) is 0 Å². The highest BCUT2D eigenvalue weighted by atomic mass is 19.4. The molecule has 156 valence electrons. The summed E-state index contributed by atoms with van der Waals surface area (Å²) in [6.07, 6.45) is -3.12. The minimum absolute atomic E-state index is 0.206. The fourth-order valence-electron chi connectivity index (χ4n) is 3.20. The Kier molecular flexibility index (Phi) is 5.31. The molecule has 3 rings (SSSR count). The lowest BCUT2D eigenvalue weighted by molar-refractivity contribution is -0.138. The molecule has 0 radical (unpaired) electrons. The van der Waals surface area contributed by atoms with Gasteiger partial charge in [-0.25, -0.2) is 4.39 Å². The van der Waals surface area contributed by atoms with Gasteiger partial charge in [0.25, 0.3) is 5.91 Å². The summed E-state index contributed by atoms with van der Waals surface area (Å²) in [7, 11) is 0. The van der Waals surface area contributed by atoms with E-state index in [9.17, 15) is 27.5 Å². The first kappa shape index (κ1) is 21.3. The molecule has 2 aromatic carbocycles. The van der Waals surface area contributed by atoms with Crippen molar-refractivity contribution in [3.8, 4) is 6.07 Å². The number of aryl methyl sites for hydroxylation is 1. The van der Waals surface area contributed by atoms with E-state index in [1.165, 1.54) is 31.2 Å². The van der Waals surface area contributed by atoms with E-state index in [0.717, 1.165) is 17.7 Å². The van der Waals surface area contributed by atoms with Crippen molar-refractivity contribution in [3.05, 3.63) is 65.1 Å². The number of benzene rings is 2. The van der Waals surface area contributed by atoms with E-state index < -0.39 is 34.6 Å². The van der Waals surface area contributed by atoms with E-state index in [2.05, 4.69) is 5.32 Å². The fourth-order valence-corrected chi connectivity index (χ4v) is 3.20. The zero-order valence-corrected chi connectivity index (χ0v) is 16.0. The van der Waals surface area contributed by atoms with E-state index in [4.69, 9.17) is 5.26 Å². The number of aromatic nitrogens is 1. The van der Waals surface area contributed by atoms with Gasteiger partial charge in [0.1, 0.15) is 5.82 Å². The van der Waals surface area contributed by atoms with E-state index in [1.54, 1.807) is 17.7 Å². The Hall–Kier alpha value is -3.38. The van der Waals surface area contributed by atoms with Crippen LogP contribution in [0.25, 0.3) is 10.9 Å². The molecule has 0 saturated carbocycles. The third kappa shape index (κ3) is 4.14. The molecule has 30 heavy (non-hydrogen) atoms. The number of hydrogen-bond donors (Lipinski definition) is 2. The third-order valence-electron chi connectivity index (χ3n) is 4.71. The first-order valence-electron chi connectivity index (χ1n) is 8.82. The smallest absolute Gasteiger partial charge is 0.378 e. The number of rotatable bonds is 4. The summed E-state index contributed by atoms with van der Waals surface area (Å²) in [5.74, 6) is -1.35. The lowest BCUT2D eigenvalue weighted by Crippen LogP contribution is -2.43. The van der Waals surface area contributed by atoms with Crippen molar-refractivity contribution in [3.63, 3.8) is 0 Å². The molecule has 1 aromatic heterocycles. The molecule has 0 aliphatic rings. The molecule has 2 N–H and O–H groups in total. The quantitative estimate of drug-likeness (QED) is 0.617. The lowest BCUT2D eigenvalue weighted by atomic mass is 10.0. The fraction of sp³-hybridized carbons (Fsp3) is 0.238. The second kappa shape index (κ2) is 7.46. The van der Waals surface area contributed by atoms with E-state index in [-0.39, 0.29) is 12.2 Å². The van der Waals surface area contributed by atoms with Crippen LogP contribution in [0.15, 0.2) is 42.6 Å². The lowest BCUT2D eigenvalue weighted by Gasteiger charge is -2.24. The molecule has 9 heteroatoms. The van der Waals surface area contributed by atoms with Gasteiger partial charge in [0.05, 0.1) is 23.7 Å². The standard InChI is InChI=1S/C21H17F4N3O2/c1-12-10-28(18-6-4-14(22)7-16(12)18)11-20(2,30)19(29)27-15-5-3-13(9-26)17(8-15)21(23,24)25/h3-8,10,30H,11H2,1-2H3,(H,27,29)/t20-/m0/s1. The SMILES string of the molecule is Cc1cn(C[C@](C)(O)C(=O)Nc2ccc(C#N)c(C(F)(F)F)c2)c2ccc(F)cc12. The maximum Gasteiger partial charge on any atom is 0.417 e. The first-order chi connectivity index (χ1) is 13.9. The van der Waals surface area contributed by atoms with Gasteiger partial charge in [-0.1, -0.05) is 0 Å². The van der Waals surface area contributed by atoms with Crippen LogP contribution in [0.2, 0.25) is 0 Å². The van der Waals surface area contributed by atoms with Gasteiger partial charge in [-0.2, -0.15) is 18.4 Å². The predicted octanol–water partition coefficient (Wildman–Crippen LogP) is 4.37. The largest absolute Gasteiger partial charge is 0.417 e. The van der Waals surface area contributed by atoms with Gasteiger partial charge in [0.15, 0.2) is 5.60 Å². The molecular formula is C21H17F4N3O2. The second-order valence-electron chi connectivity index (χ2n) is 7.20. The Labute approximate surface area is 169 Å². The van der Waals surface area contributed by atoms with Crippen molar-refractivity contribution in [1.29, 1.82) is 5.26 Å². The monoisotopic (exact) mass is 419 g/mol. The number of halogens is 4. The van der Waals surface area contributed by atoms with Gasteiger partial charge in [-0.05, 0) is 55.8 Å². The van der Waals surface area contributed by atoms with E-state index in [0.29, 0.717) is 17.0 Å². The summed E-state index contributed by atoms with van der Waals surface area (Å²) in [6, 6.07) is 8.31. The molecule has 0 aliphatic heterocycles. The summed E-state index contributed by atoms with van der Waals surface area (Å²) in [4.78, 5) is 12.6. The van der Waals surface area contributed by atoms with Crippen molar-refractivity contribution in [2.45, 2.75) is 32.2 Å². The molecule has 0 aliphatic carbocycles. The van der Waals surface area contributed by atoms with Crippen LogP contribution in [0, 0.1) is 24.1 Å². The molecule has 0 unspecified atom stereocenters. The topological polar surface area (TPSA) is 78.1 Å². The normalized spacial score (nSPS) is 13.7. The van der Waals surface area contributed by atoms with Crippen molar-refractivity contribution in [2.75, 3.05) is 5.32 Å². The van der Waals surface area contributed by atoms with Crippen molar-refractivity contribution < 1.29 is 27.5 Å². The number of nitrogens with zero attached hydrogens (tertiary/aromatic N) is 2. The molecule has 0 fully saturated rings. The van der Waals surface area contributed by atoms with E-state index >= 15 is 0 Å². The third-order valence-corrected chi connectivity index (χ3v) is 4.71. The number of anilines is 1. The average molecular weight is 419 g/mol. The molecular weight excluding hydrogens is 402 g/mol. The Morgan fingerprint density at radius 1 is 1.23 bits per heavy atom. The maximum atomic E-state index is 13.5. The number of fused-ring (bicyclic) bond motifs is 1. The Bertz CT molecular complexity index is 1170. The van der Waals surface area contributed by atoms with Crippen LogP contribution in [0.4, 0.5) is 23.2 Å². The number of nitrogens with one attached hydrogen (secondary N) is 1. The minimum Gasteiger partial charge on any atom is -0.378 e. The summed E-state index contributed by atoms with van der Waals surface area (Å²) in [6.45, 7) is 2.76. The molecule has 0 saturated heterocycles. The van der Waals surface area contributed by atoms with Crippen LogP contribution in [-0.4, -0.2) is 21.2 Å². The van der Waals surface area contributed by atoms with Crippen molar-refractivity contribution in [2.24, 2.45) is 0 Å². The number of amides is 1. The predicted molar refractivity (Wildman–Crippen MR) is 102 cm³/mol. The molecule has 3 aromatic rings. The zero-order chi connectivity index (χ0) is 22.3. The molecule has 0 spiro atoms. The van der Waals surface area contributed by atoms with Crippen molar-refractivity contribution in [1.82, 2.24) is 4.57 Å². The Morgan fingerprint density at radius 3 is 2.57 bits per heavy atom. The van der Waals surface area contributed by atoms with Crippen LogP contribution >= 0.6 is 0 Å². The highest BCUT2D eigenvalue weighted by Crippen LogP contribution is 2.34. The highest BCUT2D eigenvalue weighted by Gasteiger charge is 2.35. The number of carbonyl (C=O) groups is 1. The molecule has 0 bridgehead atoms. The van der Waals surface area contributed by atoms with Crippen LogP contribution < -0.4 is 5.32 Å². The maximum absolute atomic E-state index is 13.5. The first-order valence-corrected chi connectivity index (χ1v) is 8.82. The zero-order valence-electron chi connectivity index (χ0n) is 16.0. The molecule has 1 atom stereocenters. The van der Waals surface area contributed by atoms with Gasteiger partial charge in [0.2, 0.25) is 0 Å². The van der Waals surface area contributed by atoms with Crippen LogP contribution in [-0.2, 0) is 17.5 Å². The highest BCUT2D eigenvalue weighted by molar-refractivity contribution is 5.97. The second-order valence-corrected chi connectivity index (χ2v) is 7.20. The van der Waals surface area contributed by atoms with Gasteiger partial charge < -0.3 is 15.0 Å². The van der Waals surface area contributed by atoms with Gasteiger partial charge in [-0.15, -0.1) is 0 Å². The summed E-state index contributed by atoms with van der Waals surface area (Å²) < 4.78 is 54.4. The summed E-state index contributed by atoms with van der Waals surface area (Å²) in [5, 5.41) is 22.4. The van der Waals surface area contributed by atoms with Gasteiger partial charge in [0, 0.05) is 22.8 Å². The van der Waals surface area contributed by atoms with Crippen molar-refractivity contribution >= 4 is 22.5 Å². The van der Waals surface area contributed by atoms with Gasteiger partial charge in [-0.3, -0.25) is 4.79 Å². The Morgan fingerprint density at radius 2 is 1.93 bits per heavy atom. The molecule has 1 heterocycles. The number of nitriles is 1. The number of carbonyl (C=O) groups excluding carboxylic acids is 1. The summed E-state index contributed by atoms with van der Waals surface area (Å²) in [5.41, 5.74) is -2.62. The average Bonchev–Trinajstić information content (AvgIpc) is 2.95.